The van der Waals surface area contributed by atoms with Crippen LogP contribution in [0.3, 0.4) is 0 Å². The van der Waals surface area contributed by atoms with Gasteiger partial charge in [-0.2, -0.15) is 0 Å². The molecule has 1 saturated heterocycles. The third-order valence-electron chi connectivity index (χ3n) is 3.59. The summed E-state index contributed by atoms with van der Waals surface area (Å²) in [7, 11) is 0. The normalized spacial score (nSPS) is 21.6. The molecule has 1 aromatic rings. The molecule has 0 aromatic heterocycles. The maximum absolute atomic E-state index is 11.6. The number of hydrogen-bond donors (Lipinski definition) is 2. The molecule has 1 unspecified atom stereocenters. The lowest BCUT2D eigenvalue weighted by Gasteiger charge is -2.34. The van der Waals surface area contributed by atoms with Crippen LogP contribution >= 0.6 is 0 Å². The average molecular weight is 247 g/mol. The van der Waals surface area contributed by atoms with Crippen LogP contribution in [0.15, 0.2) is 24.3 Å². The van der Waals surface area contributed by atoms with Gasteiger partial charge in [-0.25, -0.2) is 0 Å². The van der Waals surface area contributed by atoms with Crippen molar-refractivity contribution >= 4 is 11.6 Å². The minimum atomic E-state index is -0.107. The van der Waals surface area contributed by atoms with Gasteiger partial charge in [-0.1, -0.05) is 19.1 Å². The van der Waals surface area contributed by atoms with Crippen molar-refractivity contribution in [3.63, 3.8) is 0 Å². The molecule has 3 N–H and O–H groups in total. The Morgan fingerprint density at radius 3 is 2.72 bits per heavy atom. The van der Waals surface area contributed by atoms with E-state index in [0.717, 1.165) is 24.2 Å². The van der Waals surface area contributed by atoms with Crippen molar-refractivity contribution in [3.05, 3.63) is 29.8 Å². The quantitative estimate of drug-likeness (QED) is 0.849. The number of benzene rings is 1. The van der Waals surface area contributed by atoms with Gasteiger partial charge in [-0.15, -0.1) is 0 Å². The zero-order valence-corrected chi connectivity index (χ0v) is 11.0. The molecular formula is C14H21N3O. The van der Waals surface area contributed by atoms with E-state index < -0.39 is 0 Å². The Bertz CT molecular complexity index is 416. The minimum absolute atomic E-state index is 0.0931. The molecule has 0 radical (unpaired) electrons. The van der Waals surface area contributed by atoms with Gasteiger partial charge in [0, 0.05) is 24.8 Å². The summed E-state index contributed by atoms with van der Waals surface area (Å²) in [6.45, 7) is 5.57. The molecule has 2 rings (SSSR count). The standard InChI is InChI=1S/C14H21N3O/c1-3-13(15)11-4-6-12(7-5-11)17-9-8-16-14(18)10(17)2/h4-7,10,13H,3,8-9,15H2,1-2H3,(H,16,18)/t10?,13-/m1/s1. The SMILES string of the molecule is CC[C@@H](N)c1ccc(N2CCNC(=O)C2C)cc1. The Labute approximate surface area is 108 Å². The molecule has 0 spiro atoms. The summed E-state index contributed by atoms with van der Waals surface area (Å²) in [6.07, 6.45) is 0.932. The third-order valence-corrected chi connectivity index (χ3v) is 3.59. The molecule has 1 aromatic carbocycles. The molecule has 1 aliphatic rings. The number of nitrogens with two attached hydrogens (primary N) is 1. The van der Waals surface area contributed by atoms with Gasteiger partial charge in [0.15, 0.2) is 0 Å². The number of amides is 1. The Kier molecular flexibility index (Phi) is 3.87. The van der Waals surface area contributed by atoms with E-state index >= 15 is 0 Å². The van der Waals surface area contributed by atoms with Gasteiger partial charge < -0.3 is 16.0 Å². The molecule has 1 amide bonds. The number of rotatable bonds is 3. The van der Waals surface area contributed by atoms with E-state index in [-0.39, 0.29) is 18.0 Å². The predicted molar refractivity (Wildman–Crippen MR) is 73.5 cm³/mol. The van der Waals surface area contributed by atoms with Crippen molar-refractivity contribution in [2.24, 2.45) is 5.73 Å². The van der Waals surface area contributed by atoms with Gasteiger partial charge in [-0.05, 0) is 31.0 Å². The molecule has 4 heteroatoms. The molecule has 0 saturated carbocycles. The first-order valence-electron chi connectivity index (χ1n) is 6.53. The highest BCUT2D eigenvalue weighted by Crippen LogP contribution is 2.22. The Morgan fingerprint density at radius 1 is 1.44 bits per heavy atom. The van der Waals surface area contributed by atoms with Crippen LogP contribution in [0.25, 0.3) is 0 Å². The highest BCUT2D eigenvalue weighted by atomic mass is 16.2. The van der Waals surface area contributed by atoms with Crippen LogP contribution < -0.4 is 16.0 Å². The Morgan fingerprint density at radius 2 is 2.11 bits per heavy atom. The largest absolute Gasteiger partial charge is 0.358 e. The second kappa shape index (κ2) is 5.40. The lowest BCUT2D eigenvalue weighted by Crippen LogP contribution is -2.54. The van der Waals surface area contributed by atoms with Crippen molar-refractivity contribution in [1.82, 2.24) is 5.32 Å². The number of carbonyl (C=O) groups is 1. The van der Waals surface area contributed by atoms with Gasteiger partial charge in [0.05, 0.1) is 0 Å². The lowest BCUT2D eigenvalue weighted by atomic mass is 10.0. The summed E-state index contributed by atoms with van der Waals surface area (Å²) in [5, 5.41) is 2.87. The van der Waals surface area contributed by atoms with Crippen LogP contribution in [0.1, 0.15) is 31.9 Å². The lowest BCUT2D eigenvalue weighted by molar-refractivity contribution is -0.122. The number of carbonyl (C=O) groups excluding carboxylic acids is 1. The van der Waals surface area contributed by atoms with E-state index in [1.165, 1.54) is 0 Å². The maximum atomic E-state index is 11.6. The van der Waals surface area contributed by atoms with Crippen LogP contribution in [0.4, 0.5) is 5.69 Å². The van der Waals surface area contributed by atoms with Gasteiger partial charge in [-0.3, -0.25) is 4.79 Å². The van der Waals surface area contributed by atoms with E-state index in [1.54, 1.807) is 0 Å². The van der Waals surface area contributed by atoms with Gasteiger partial charge in [0.25, 0.3) is 0 Å². The van der Waals surface area contributed by atoms with Crippen LogP contribution in [-0.2, 0) is 4.79 Å². The van der Waals surface area contributed by atoms with E-state index in [2.05, 4.69) is 41.4 Å². The first kappa shape index (κ1) is 12.9. The summed E-state index contributed by atoms with van der Waals surface area (Å²) in [6, 6.07) is 8.22. The molecule has 1 heterocycles. The van der Waals surface area contributed by atoms with E-state index in [9.17, 15) is 4.79 Å². The zero-order valence-electron chi connectivity index (χ0n) is 11.0. The molecule has 0 aliphatic carbocycles. The smallest absolute Gasteiger partial charge is 0.242 e. The highest BCUT2D eigenvalue weighted by molar-refractivity contribution is 5.86. The molecule has 2 atom stereocenters. The molecule has 0 bridgehead atoms. The monoisotopic (exact) mass is 247 g/mol. The highest BCUT2D eigenvalue weighted by Gasteiger charge is 2.25. The predicted octanol–water partition coefficient (Wildman–Crippen LogP) is 1.42. The third kappa shape index (κ3) is 2.48. The zero-order chi connectivity index (χ0) is 13.1. The van der Waals surface area contributed by atoms with E-state index in [0.29, 0.717) is 6.54 Å². The summed E-state index contributed by atoms with van der Waals surface area (Å²) in [4.78, 5) is 13.8. The average Bonchev–Trinajstić information content (AvgIpc) is 2.41. The van der Waals surface area contributed by atoms with Crippen LogP contribution in [-0.4, -0.2) is 25.0 Å². The maximum Gasteiger partial charge on any atom is 0.242 e. The summed E-state index contributed by atoms with van der Waals surface area (Å²) < 4.78 is 0. The summed E-state index contributed by atoms with van der Waals surface area (Å²) in [5.74, 6) is 0.0931. The Hall–Kier alpha value is -1.55. The van der Waals surface area contributed by atoms with Crippen molar-refractivity contribution < 1.29 is 4.79 Å². The minimum Gasteiger partial charge on any atom is -0.358 e. The molecule has 18 heavy (non-hydrogen) atoms. The number of nitrogens with one attached hydrogen (secondary N) is 1. The first-order chi connectivity index (χ1) is 8.63. The molecule has 98 valence electrons. The summed E-state index contributed by atoms with van der Waals surface area (Å²) >= 11 is 0. The Balaban J connectivity index is 2.16. The fourth-order valence-corrected chi connectivity index (χ4v) is 2.28. The van der Waals surface area contributed by atoms with Crippen molar-refractivity contribution in [3.8, 4) is 0 Å². The molecule has 4 nitrogen and oxygen atoms in total. The fourth-order valence-electron chi connectivity index (χ4n) is 2.28. The number of hydrogen-bond acceptors (Lipinski definition) is 3. The van der Waals surface area contributed by atoms with E-state index in [1.807, 2.05) is 6.92 Å². The number of piperazine rings is 1. The van der Waals surface area contributed by atoms with Crippen LogP contribution in [0.2, 0.25) is 0 Å². The second-order valence-electron chi connectivity index (χ2n) is 4.77. The van der Waals surface area contributed by atoms with Crippen LogP contribution in [0, 0.1) is 0 Å². The van der Waals surface area contributed by atoms with Crippen molar-refractivity contribution in [2.45, 2.75) is 32.4 Å². The molecule has 1 fully saturated rings. The van der Waals surface area contributed by atoms with Gasteiger partial charge in [0.2, 0.25) is 5.91 Å². The fraction of sp³-hybridized carbons (Fsp3) is 0.500. The second-order valence-corrected chi connectivity index (χ2v) is 4.77. The molecule has 1 aliphatic heterocycles. The topological polar surface area (TPSA) is 58.4 Å². The van der Waals surface area contributed by atoms with Gasteiger partial charge >= 0.3 is 0 Å². The molecular weight excluding hydrogens is 226 g/mol. The van der Waals surface area contributed by atoms with Crippen molar-refractivity contribution in [1.29, 1.82) is 0 Å². The van der Waals surface area contributed by atoms with E-state index in [4.69, 9.17) is 5.73 Å². The van der Waals surface area contributed by atoms with Gasteiger partial charge in [0.1, 0.15) is 6.04 Å². The number of anilines is 1. The van der Waals surface area contributed by atoms with Crippen molar-refractivity contribution in [2.75, 3.05) is 18.0 Å². The van der Waals surface area contributed by atoms with Crippen LogP contribution in [0.5, 0.6) is 0 Å². The summed E-state index contributed by atoms with van der Waals surface area (Å²) in [5.41, 5.74) is 8.23. The number of nitrogens with zero attached hydrogens (tertiary/aromatic N) is 1. The first-order valence-corrected chi connectivity index (χ1v) is 6.53.